The van der Waals surface area contributed by atoms with Gasteiger partial charge in [-0.2, -0.15) is 0 Å². The van der Waals surface area contributed by atoms with Gasteiger partial charge in [-0.1, -0.05) is 32.9 Å². The lowest BCUT2D eigenvalue weighted by Crippen LogP contribution is -2.31. The second-order valence-electron chi connectivity index (χ2n) is 5.98. The van der Waals surface area contributed by atoms with Gasteiger partial charge in [-0.15, -0.1) is 0 Å². The highest BCUT2D eigenvalue weighted by atomic mass is 19.1. The Kier molecular flexibility index (Phi) is 5.03. The molecule has 3 heteroatoms. The summed E-state index contributed by atoms with van der Waals surface area (Å²) in [5.41, 5.74) is 0.676. The van der Waals surface area contributed by atoms with Gasteiger partial charge in [0, 0.05) is 25.1 Å². The number of nitrogens with zero attached hydrogens (tertiary/aromatic N) is 1. The van der Waals surface area contributed by atoms with Crippen molar-refractivity contribution in [2.24, 2.45) is 5.41 Å². The molecule has 1 aromatic rings. The predicted octanol–water partition coefficient (Wildman–Crippen LogP) is 3.38. The van der Waals surface area contributed by atoms with Crippen LogP contribution in [-0.4, -0.2) is 30.8 Å². The molecule has 0 aliphatic rings. The largest absolute Gasteiger partial charge is 0.305 e. The minimum absolute atomic E-state index is 0.00439. The van der Waals surface area contributed by atoms with Crippen molar-refractivity contribution in [2.75, 3.05) is 20.1 Å². The molecule has 0 aliphatic carbocycles. The van der Waals surface area contributed by atoms with E-state index in [4.69, 9.17) is 0 Å². The number of hydrogen-bond donors (Lipinski definition) is 0. The van der Waals surface area contributed by atoms with Crippen molar-refractivity contribution in [3.05, 3.63) is 35.6 Å². The van der Waals surface area contributed by atoms with Crippen molar-refractivity contribution in [2.45, 2.75) is 27.2 Å². The van der Waals surface area contributed by atoms with E-state index >= 15 is 0 Å². The minimum atomic E-state index is -0.358. The number of ketones is 1. The van der Waals surface area contributed by atoms with Gasteiger partial charge in [0.15, 0.2) is 5.78 Å². The van der Waals surface area contributed by atoms with E-state index in [1.807, 2.05) is 7.05 Å². The first kappa shape index (κ1) is 14.8. The van der Waals surface area contributed by atoms with Crippen molar-refractivity contribution in [1.29, 1.82) is 0 Å². The average molecular weight is 251 g/mol. The van der Waals surface area contributed by atoms with Crippen LogP contribution in [0.25, 0.3) is 0 Å². The first-order valence-corrected chi connectivity index (χ1v) is 6.25. The molecular formula is C15H22FNO. The molecule has 0 heterocycles. The van der Waals surface area contributed by atoms with Gasteiger partial charge >= 0.3 is 0 Å². The van der Waals surface area contributed by atoms with Crippen LogP contribution in [-0.2, 0) is 0 Å². The van der Waals surface area contributed by atoms with E-state index in [1.165, 1.54) is 12.1 Å². The lowest BCUT2D eigenvalue weighted by molar-refractivity contribution is 0.0961. The highest BCUT2D eigenvalue weighted by Crippen LogP contribution is 2.14. The first-order valence-electron chi connectivity index (χ1n) is 6.25. The third kappa shape index (κ3) is 5.41. The highest BCUT2D eigenvalue weighted by molar-refractivity contribution is 5.96. The summed E-state index contributed by atoms with van der Waals surface area (Å²) in [6.07, 6.45) is 0.427. The third-order valence-corrected chi connectivity index (χ3v) is 2.61. The molecule has 0 amide bonds. The Morgan fingerprint density at radius 3 is 2.56 bits per heavy atom. The smallest absolute Gasteiger partial charge is 0.164 e. The van der Waals surface area contributed by atoms with Gasteiger partial charge in [-0.05, 0) is 24.6 Å². The maximum absolute atomic E-state index is 13.0. The van der Waals surface area contributed by atoms with Gasteiger partial charge in [0.05, 0.1) is 0 Å². The molecule has 1 aromatic carbocycles. The van der Waals surface area contributed by atoms with Gasteiger partial charge in [-0.3, -0.25) is 4.79 Å². The monoisotopic (exact) mass is 251 g/mol. The normalized spacial score (nSPS) is 11.9. The van der Waals surface area contributed by atoms with Crippen LogP contribution in [0.15, 0.2) is 24.3 Å². The lowest BCUT2D eigenvalue weighted by atomic mass is 9.96. The van der Waals surface area contributed by atoms with Gasteiger partial charge in [0.2, 0.25) is 0 Å². The summed E-state index contributed by atoms with van der Waals surface area (Å²) in [7, 11) is 2.00. The van der Waals surface area contributed by atoms with Crippen molar-refractivity contribution in [3.63, 3.8) is 0 Å². The van der Waals surface area contributed by atoms with Crippen molar-refractivity contribution in [1.82, 2.24) is 4.90 Å². The Balaban J connectivity index is 2.47. The van der Waals surface area contributed by atoms with Crippen molar-refractivity contribution in [3.8, 4) is 0 Å². The van der Waals surface area contributed by atoms with E-state index in [0.717, 1.165) is 6.54 Å². The second kappa shape index (κ2) is 6.10. The maximum atomic E-state index is 13.0. The Morgan fingerprint density at radius 1 is 1.33 bits per heavy atom. The summed E-state index contributed by atoms with van der Waals surface area (Å²) in [5.74, 6) is -0.362. The SMILES string of the molecule is CN(CCC(=O)c1cccc(F)c1)CC(C)(C)C. The van der Waals surface area contributed by atoms with E-state index in [0.29, 0.717) is 18.5 Å². The number of carbonyl (C=O) groups excluding carboxylic acids is 1. The molecule has 0 aromatic heterocycles. The number of rotatable bonds is 5. The molecule has 0 aliphatic heterocycles. The summed E-state index contributed by atoms with van der Waals surface area (Å²) >= 11 is 0. The Morgan fingerprint density at radius 2 is 2.00 bits per heavy atom. The van der Waals surface area contributed by atoms with Gasteiger partial charge < -0.3 is 4.90 Å². The molecule has 18 heavy (non-hydrogen) atoms. The first-order chi connectivity index (χ1) is 8.28. The summed E-state index contributed by atoms with van der Waals surface area (Å²) in [6, 6.07) is 5.88. The number of carbonyl (C=O) groups is 1. The Hall–Kier alpha value is -1.22. The standard InChI is InChI=1S/C15H22FNO/c1-15(2,3)11-17(4)9-8-14(18)12-6-5-7-13(16)10-12/h5-7,10H,8-9,11H2,1-4H3. The Bertz CT molecular complexity index is 409. The topological polar surface area (TPSA) is 20.3 Å². The molecular weight excluding hydrogens is 229 g/mol. The molecule has 0 spiro atoms. The van der Waals surface area contributed by atoms with Crippen molar-refractivity contribution < 1.29 is 9.18 Å². The van der Waals surface area contributed by atoms with Crippen LogP contribution in [0.1, 0.15) is 37.6 Å². The van der Waals surface area contributed by atoms with Crippen LogP contribution in [0.3, 0.4) is 0 Å². The van der Waals surface area contributed by atoms with E-state index in [9.17, 15) is 9.18 Å². The maximum Gasteiger partial charge on any atom is 0.164 e. The van der Waals surface area contributed by atoms with Gasteiger partial charge in [-0.25, -0.2) is 4.39 Å². The predicted molar refractivity (Wildman–Crippen MR) is 72.3 cm³/mol. The fourth-order valence-electron chi connectivity index (χ4n) is 1.99. The molecule has 0 saturated heterocycles. The zero-order chi connectivity index (χ0) is 13.8. The Labute approximate surface area is 109 Å². The summed E-state index contributed by atoms with van der Waals surface area (Å²) in [4.78, 5) is 14.0. The molecule has 0 unspecified atom stereocenters. The van der Waals surface area contributed by atoms with Crippen molar-refractivity contribution >= 4 is 5.78 Å². The second-order valence-corrected chi connectivity index (χ2v) is 5.98. The molecule has 0 fully saturated rings. The van der Waals surface area contributed by atoms with E-state index < -0.39 is 0 Å². The molecule has 100 valence electrons. The molecule has 0 bridgehead atoms. The van der Waals surface area contributed by atoms with Crippen LogP contribution >= 0.6 is 0 Å². The number of halogens is 1. The van der Waals surface area contributed by atoms with Crippen LogP contribution < -0.4 is 0 Å². The average Bonchev–Trinajstić information content (AvgIpc) is 2.23. The van der Waals surface area contributed by atoms with Crippen LogP contribution in [0, 0.1) is 11.2 Å². The molecule has 2 nitrogen and oxygen atoms in total. The fourth-order valence-corrected chi connectivity index (χ4v) is 1.99. The number of Topliss-reactive ketones (excluding diaryl/α,β-unsaturated/α-hetero) is 1. The van der Waals surface area contributed by atoms with Crippen LogP contribution in [0.2, 0.25) is 0 Å². The quantitative estimate of drug-likeness (QED) is 0.748. The molecule has 0 radical (unpaired) electrons. The zero-order valence-corrected chi connectivity index (χ0v) is 11.7. The molecule has 0 atom stereocenters. The van der Waals surface area contributed by atoms with E-state index in [-0.39, 0.29) is 17.0 Å². The summed E-state index contributed by atoms with van der Waals surface area (Å²) < 4.78 is 13.0. The molecule has 0 saturated carbocycles. The third-order valence-electron chi connectivity index (χ3n) is 2.61. The molecule has 0 N–H and O–H groups in total. The van der Waals surface area contributed by atoms with Crippen LogP contribution in [0.4, 0.5) is 4.39 Å². The lowest BCUT2D eigenvalue weighted by Gasteiger charge is -2.26. The zero-order valence-electron chi connectivity index (χ0n) is 11.7. The summed E-state index contributed by atoms with van der Waals surface area (Å²) in [6.45, 7) is 8.13. The number of benzene rings is 1. The minimum Gasteiger partial charge on any atom is -0.305 e. The van der Waals surface area contributed by atoms with Crippen LogP contribution in [0.5, 0.6) is 0 Å². The van der Waals surface area contributed by atoms with Gasteiger partial charge in [0.1, 0.15) is 5.82 Å². The van der Waals surface area contributed by atoms with E-state index in [1.54, 1.807) is 12.1 Å². The fraction of sp³-hybridized carbons (Fsp3) is 0.533. The van der Waals surface area contributed by atoms with E-state index in [2.05, 4.69) is 25.7 Å². The summed E-state index contributed by atoms with van der Waals surface area (Å²) in [5, 5.41) is 0. The van der Waals surface area contributed by atoms with Gasteiger partial charge in [0.25, 0.3) is 0 Å². The number of hydrogen-bond acceptors (Lipinski definition) is 2. The molecule has 1 rings (SSSR count). The highest BCUT2D eigenvalue weighted by Gasteiger charge is 2.14.